The molecule has 0 saturated carbocycles. The van der Waals surface area contributed by atoms with Gasteiger partial charge in [-0.1, -0.05) is 65.3 Å². The van der Waals surface area contributed by atoms with E-state index in [2.05, 4.69) is 10.2 Å². The molecule has 0 radical (unpaired) electrons. The van der Waals surface area contributed by atoms with Gasteiger partial charge in [-0.15, -0.1) is 5.11 Å². The normalized spacial score (nSPS) is 11.7. The molecule has 0 spiro atoms. The smallest absolute Gasteiger partial charge is 0.871 e. The Hall–Kier alpha value is -1.19. The van der Waals surface area contributed by atoms with Crippen LogP contribution >= 0.6 is 23.2 Å². The molecule has 0 saturated heterocycles. The van der Waals surface area contributed by atoms with E-state index in [4.69, 9.17) is 23.2 Å². The number of halogens is 2. The van der Waals surface area contributed by atoms with E-state index in [0.29, 0.717) is 5.39 Å². The van der Waals surface area contributed by atoms with Crippen molar-refractivity contribution in [3.8, 4) is 5.75 Å². The molecular weight excluding hydrogens is 410 g/mol. The predicted molar refractivity (Wildman–Crippen MR) is 93.8 cm³/mol. The van der Waals surface area contributed by atoms with Gasteiger partial charge in [0, 0.05) is 5.39 Å². The molecule has 0 atom stereocenters. The van der Waals surface area contributed by atoms with Crippen molar-refractivity contribution >= 4 is 55.5 Å². The molecule has 3 aromatic carbocycles. The molecule has 1 N–H and O–H groups in total. The third kappa shape index (κ3) is 4.37. The van der Waals surface area contributed by atoms with Crippen LogP contribution in [0.25, 0.3) is 10.8 Å². The minimum absolute atomic E-state index is 0. The average Bonchev–Trinajstić information content (AvgIpc) is 2.55. The van der Waals surface area contributed by atoms with Crippen LogP contribution in [-0.4, -0.2) is 13.0 Å². The molecule has 0 unspecified atom stereocenters. The first-order valence-electron chi connectivity index (χ1n) is 6.84. The summed E-state index contributed by atoms with van der Waals surface area (Å²) in [5.74, 6) is -0.379. The van der Waals surface area contributed by atoms with Gasteiger partial charge >= 0.3 is 29.6 Å². The maximum atomic E-state index is 12.1. The van der Waals surface area contributed by atoms with Crippen molar-refractivity contribution in [2.75, 3.05) is 0 Å². The van der Waals surface area contributed by atoms with Crippen molar-refractivity contribution in [3.63, 3.8) is 0 Å². The Morgan fingerprint density at radius 2 is 1.62 bits per heavy atom. The zero-order valence-electron chi connectivity index (χ0n) is 13.3. The maximum absolute atomic E-state index is 12.1. The van der Waals surface area contributed by atoms with Gasteiger partial charge in [-0.25, -0.2) is 0 Å². The van der Waals surface area contributed by atoms with Crippen LogP contribution in [0.3, 0.4) is 0 Å². The Labute approximate surface area is 181 Å². The van der Waals surface area contributed by atoms with Crippen LogP contribution in [0.1, 0.15) is 0 Å². The number of rotatable bonds is 3. The fourth-order valence-corrected chi connectivity index (χ4v) is 3.26. The SMILES string of the molecule is O=S(=O)(O)c1cc(Cl)c(Cl)cc1N=Nc1c([O-])ccc2ccccc12.[Na+]. The second kappa shape index (κ2) is 8.22. The van der Waals surface area contributed by atoms with Gasteiger partial charge in [0.15, 0.2) is 0 Å². The first-order chi connectivity index (χ1) is 11.8. The monoisotopic (exact) mass is 418 g/mol. The van der Waals surface area contributed by atoms with Crippen molar-refractivity contribution in [2.24, 2.45) is 10.2 Å². The molecule has 0 amide bonds. The van der Waals surface area contributed by atoms with E-state index in [0.717, 1.165) is 17.5 Å². The Kier molecular flexibility index (Phi) is 6.68. The summed E-state index contributed by atoms with van der Waals surface area (Å²) >= 11 is 11.7. The van der Waals surface area contributed by atoms with Gasteiger partial charge in [-0.3, -0.25) is 4.55 Å². The fraction of sp³-hybridized carbons (Fsp3) is 0. The largest absolute Gasteiger partial charge is 1.00 e. The van der Waals surface area contributed by atoms with Crippen molar-refractivity contribution in [1.29, 1.82) is 0 Å². The Morgan fingerprint density at radius 1 is 0.962 bits per heavy atom. The van der Waals surface area contributed by atoms with E-state index < -0.39 is 15.0 Å². The molecule has 6 nitrogen and oxygen atoms in total. The number of nitrogens with zero attached hydrogens (tertiary/aromatic N) is 2. The number of fused-ring (bicyclic) bond motifs is 1. The summed E-state index contributed by atoms with van der Waals surface area (Å²) in [5, 5.41) is 21.1. The molecule has 0 aliphatic rings. The topological polar surface area (TPSA) is 102 Å². The van der Waals surface area contributed by atoms with Crippen LogP contribution in [0.2, 0.25) is 10.0 Å². The molecular formula is C16H9Cl2N2NaO4S. The summed E-state index contributed by atoms with van der Waals surface area (Å²) in [6, 6.07) is 12.2. The molecule has 0 aliphatic heterocycles. The third-order valence-electron chi connectivity index (χ3n) is 3.40. The van der Waals surface area contributed by atoms with Gasteiger partial charge in [0.25, 0.3) is 10.1 Å². The standard InChI is InChI=1S/C16H10Cl2N2O4S.Na/c17-11-7-13(15(8-12(11)18)25(22,23)24)19-20-16-10-4-2-1-3-9(10)5-6-14(16)21;/h1-8,21H,(H,22,23,24);/q;+1/p-1. The number of azo groups is 1. The van der Waals surface area contributed by atoms with E-state index >= 15 is 0 Å². The molecule has 0 aliphatic carbocycles. The van der Waals surface area contributed by atoms with Crippen molar-refractivity contribution in [2.45, 2.75) is 4.90 Å². The van der Waals surface area contributed by atoms with Crippen LogP contribution in [0.5, 0.6) is 5.75 Å². The van der Waals surface area contributed by atoms with Gasteiger partial charge < -0.3 is 5.11 Å². The third-order valence-corrected chi connectivity index (χ3v) is 5.01. The minimum Gasteiger partial charge on any atom is -0.871 e. The summed E-state index contributed by atoms with van der Waals surface area (Å²) in [6.45, 7) is 0. The predicted octanol–water partition coefficient (Wildman–Crippen LogP) is 1.89. The molecule has 10 heteroatoms. The summed E-state index contributed by atoms with van der Waals surface area (Å²) in [7, 11) is -4.60. The summed E-state index contributed by atoms with van der Waals surface area (Å²) < 4.78 is 32.3. The minimum atomic E-state index is -4.60. The number of hydrogen-bond acceptors (Lipinski definition) is 5. The number of hydrogen-bond donors (Lipinski definition) is 1. The molecule has 0 bridgehead atoms. The zero-order chi connectivity index (χ0) is 18.2. The van der Waals surface area contributed by atoms with Crippen LogP contribution < -0.4 is 34.7 Å². The first-order valence-corrected chi connectivity index (χ1v) is 9.04. The van der Waals surface area contributed by atoms with Crippen LogP contribution in [0.4, 0.5) is 11.4 Å². The van der Waals surface area contributed by atoms with E-state index in [1.165, 1.54) is 6.07 Å². The first kappa shape index (κ1) is 21.1. The zero-order valence-corrected chi connectivity index (χ0v) is 17.7. The quantitative estimate of drug-likeness (QED) is 0.398. The van der Waals surface area contributed by atoms with E-state index in [1.54, 1.807) is 24.3 Å². The van der Waals surface area contributed by atoms with Crippen molar-refractivity contribution in [3.05, 3.63) is 58.6 Å². The summed E-state index contributed by atoms with van der Waals surface area (Å²) in [4.78, 5) is -0.557. The second-order valence-electron chi connectivity index (χ2n) is 5.04. The van der Waals surface area contributed by atoms with E-state index in [-0.39, 0.29) is 56.7 Å². The Bertz CT molecular complexity index is 1120. The van der Waals surface area contributed by atoms with Crippen LogP contribution in [-0.2, 0) is 10.1 Å². The average molecular weight is 419 g/mol. The van der Waals surface area contributed by atoms with Gasteiger partial charge in [-0.05, 0) is 17.5 Å². The van der Waals surface area contributed by atoms with Crippen molar-refractivity contribution < 1.29 is 47.6 Å². The van der Waals surface area contributed by atoms with Gasteiger partial charge in [0.05, 0.1) is 15.7 Å². The second-order valence-corrected chi connectivity index (χ2v) is 7.25. The molecule has 0 fully saturated rings. The molecule has 3 rings (SSSR count). The van der Waals surface area contributed by atoms with Gasteiger partial charge in [0.1, 0.15) is 10.6 Å². The fourth-order valence-electron chi connectivity index (χ4n) is 2.24. The van der Waals surface area contributed by atoms with E-state index in [9.17, 15) is 18.1 Å². The summed E-state index contributed by atoms with van der Waals surface area (Å²) in [5.41, 5.74) is -0.185. The maximum Gasteiger partial charge on any atom is 1.00 e. The van der Waals surface area contributed by atoms with E-state index in [1.807, 2.05) is 6.07 Å². The van der Waals surface area contributed by atoms with Gasteiger partial charge in [-0.2, -0.15) is 13.5 Å². The van der Waals surface area contributed by atoms with Crippen LogP contribution in [0.15, 0.2) is 63.7 Å². The summed E-state index contributed by atoms with van der Waals surface area (Å²) in [6.07, 6.45) is 0. The molecule has 3 aromatic rings. The van der Waals surface area contributed by atoms with Crippen molar-refractivity contribution in [1.82, 2.24) is 0 Å². The number of benzene rings is 3. The van der Waals surface area contributed by atoms with Gasteiger partial charge in [0.2, 0.25) is 0 Å². The molecule has 26 heavy (non-hydrogen) atoms. The Morgan fingerprint density at radius 3 is 2.31 bits per heavy atom. The molecule has 0 aromatic heterocycles. The van der Waals surface area contributed by atoms with Crippen LogP contribution in [0, 0.1) is 0 Å². The molecule has 128 valence electrons. The Balaban J connectivity index is 0.00000243. The molecule has 0 heterocycles.